The van der Waals surface area contributed by atoms with E-state index in [-0.39, 0.29) is 17.7 Å². The Morgan fingerprint density at radius 3 is 2.65 bits per heavy atom. The van der Waals surface area contributed by atoms with Gasteiger partial charge < -0.3 is 4.90 Å². The molecule has 0 bridgehead atoms. The maximum Gasteiger partial charge on any atom is 0.234 e. The molecule has 0 aromatic heterocycles. The molecule has 0 saturated carbocycles. The smallest absolute Gasteiger partial charge is 0.234 e. The summed E-state index contributed by atoms with van der Waals surface area (Å²) in [6.45, 7) is 0. The van der Waals surface area contributed by atoms with E-state index < -0.39 is 0 Å². The summed E-state index contributed by atoms with van der Waals surface area (Å²) in [5, 5.41) is 0. The average Bonchev–Trinajstić information content (AvgIpc) is 2.76. The van der Waals surface area contributed by atoms with Crippen LogP contribution in [0.1, 0.15) is 5.56 Å². The van der Waals surface area contributed by atoms with Gasteiger partial charge in [-0.05, 0) is 22.8 Å². The van der Waals surface area contributed by atoms with Crippen LogP contribution >= 0.6 is 0 Å². The minimum atomic E-state index is -0.0290. The fourth-order valence-corrected chi connectivity index (χ4v) is 3.43. The number of benzene rings is 1. The van der Waals surface area contributed by atoms with Crippen LogP contribution in [-0.4, -0.2) is 17.9 Å². The minimum Gasteiger partial charge on any atom is -0.318 e. The molecule has 0 N–H and O–H groups in total. The van der Waals surface area contributed by atoms with E-state index >= 15 is 0 Å². The normalized spacial score (nSPS) is 26.9. The highest BCUT2D eigenvalue weighted by Gasteiger charge is 2.45. The summed E-state index contributed by atoms with van der Waals surface area (Å²) in [6, 6.07) is 10.4. The number of carbonyl (C=O) groups excluding carboxylic acids is 1. The van der Waals surface area contributed by atoms with Crippen molar-refractivity contribution >= 4 is 11.5 Å². The largest absolute Gasteiger partial charge is 0.318 e. The number of likely N-dealkylation sites (tertiary alicyclic amines) is 1. The zero-order valence-electron chi connectivity index (χ0n) is 11.3. The lowest BCUT2D eigenvalue weighted by atomic mass is 9.75. The lowest BCUT2D eigenvalue weighted by Crippen LogP contribution is -2.21. The topological polar surface area (TPSA) is 20.3 Å². The first-order chi connectivity index (χ1) is 9.77. The molecule has 1 fully saturated rings. The summed E-state index contributed by atoms with van der Waals surface area (Å²) >= 11 is 0. The Bertz CT molecular complexity index is 706. The number of hydrogen-bond donors (Lipinski definition) is 0. The second-order valence-electron chi connectivity index (χ2n) is 5.45. The molecular formula is C18H15NO. The molecule has 1 heterocycles. The quantitative estimate of drug-likeness (QED) is 0.760. The number of nitrogens with zero attached hydrogens (tertiary/aromatic N) is 1. The Labute approximate surface area is 118 Å². The standard InChI is InChI=1S/C18H15NO/c1-19-16-11-10-13(12-6-3-2-4-7-12)14-8-5-9-15(17(14)16)18(19)20/h2-11,15,17H,1H3. The van der Waals surface area contributed by atoms with E-state index in [1.807, 2.05) is 25.3 Å². The molecule has 1 aromatic rings. The van der Waals surface area contributed by atoms with Crippen molar-refractivity contribution in [2.45, 2.75) is 0 Å². The average molecular weight is 261 g/mol. The predicted octanol–water partition coefficient (Wildman–Crippen LogP) is 3.17. The van der Waals surface area contributed by atoms with Crippen LogP contribution in [0.3, 0.4) is 0 Å². The second kappa shape index (κ2) is 4.07. The summed E-state index contributed by atoms with van der Waals surface area (Å²) in [7, 11) is 1.87. The van der Waals surface area contributed by atoms with Gasteiger partial charge in [0.15, 0.2) is 0 Å². The van der Waals surface area contributed by atoms with Crippen molar-refractivity contribution in [3.05, 3.63) is 77.5 Å². The van der Waals surface area contributed by atoms with Gasteiger partial charge in [0.25, 0.3) is 0 Å². The number of amides is 1. The molecule has 2 atom stereocenters. The first-order valence-electron chi connectivity index (χ1n) is 6.91. The number of rotatable bonds is 1. The van der Waals surface area contributed by atoms with Crippen LogP contribution in [0, 0.1) is 11.8 Å². The van der Waals surface area contributed by atoms with Crippen molar-refractivity contribution < 1.29 is 4.79 Å². The van der Waals surface area contributed by atoms with Gasteiger partial charge in [-0.15, -0.1) is 0 Å². The summed E-state index contributed by atoms with van der Waals surface area (Å²) in [5.74, 6) is 0.363. The monoisotopic (exact) mass is 261 g/mol. The lowest BCUT2D eigenvalue weighted by Gasteiger charge is -2.28. The molecule has 2 unspecified atom stereocenters. The Kier molecular flexibility index (Phi) is 2.34. The van der Waals surface area contributed by atoms with Crippen molar-refractivity contribution in [1.29, 1.82) is 0 Å². The highest BCUT2D eigenvalue weighted by atomic mass is 16.2. The maximum atomic E-state index is 12.3. The molecule has 20 heavy (non-hydrogen) atoms. The first kappa shape index (κ1) is 11.5. The molecule has 1 amide bonds. The van der Waals surface area contributed by atoms with Gasteiger partial charge in [-0.1, -0.05) is 54.6 Å². The molecule has 4 rings (SSSR count). The van der Waals surface area contributed by atoms with Gasteiger partial charge in [0, 0.05) is 18.7 Å². The fourth-order valence-electron chi connectivity index (χ4n) is 3.43. The third-order valence-corrected chi connectivity index (χ3v) is 4.43. The van der Waals surface area contributed by atoms with E-state index in [0.29, 0.717) is 0 Å². The van der Waals surface area contributed by atoms with E-state index in [1.165, 1.54) is 16.7 Å². The van der Waals surface area contributed by atoms with Crippen LogP contribution in [0.15, 0.2) is 72.0 Å². The van der Waals surface area contributed by atoms with Crippen LogP contribution in [0.25, 0.3) is 5.57 Å². The van der Waals surface area contributed by atoms with Gasteiger partial charge in [0.05, 0.1) is 5.92 Å². The van der Waals surface area contributed by atoms with Gasteiger partial charge in [0.1, 0.15) is 0 Å². The summed E-state index contributed by atoms with van der Waals surface area (Å²) < 4.78 is 0. The zero-order valence-corrected chi connectivity index (χ0v) is 11.3. The van der Waals surface area contributed by atoms with Crippen LogP contribution < -0.4 is 0 Å². The highest BCUT2D eigenvalue weighted by molar-refractivity contribution is 5.93. The van der Waals surface area contributed by atoms with E-state index in [9.17, 15) is 4.79 Å². The predicted molar refractivity (Wildman–Crippen MR) is 79.5 cm³/mol. The Morgan fingerprint density at radius 1 is 1.05 bits per heavy atom. The zero-order chi connectivity index (χ0) is 13.7. The molecule has 0 spiro atoms. The van der Waals surface area contributed by atoms with Crippen molar-refractivity contribution in [3.63, 3.8) is 0 Å². The molecule has 2 heteroatoms. The second-order valence-corrected chi connectivity index (χ2v) is 5.45. The molecular weight excluding hydrogens is 246 g/mol. The Hall–Kier alpha value is -2.35. The minimum absolute atomic E-state index is 0.0290. The van der Waals surface area contributed by atoms with Crippen LogP contribution in [0.4, 0.5) is 0 Å². The lowest BCUT2D eigenvalue weighted by molar-refractivity contribution is -0.128. The van der Waals surface area contributed by atoms with Gasteiger partial charge >= 0.3 is 0 Å². The highest BCUT2D eigenvalue weighted by Crippen LogP contribution is 2.48. The fraction of sp³-hybridized carbons (Fsp3) is 0.167. The maximum absolute atomic E-state index is 12.3. The van der Waals surface area contributed by atoms with Crippen LogP contribution in [0.2, 0.25) is 0 Å². The third kappa shape index (κ3) is 1.42. The molecule has 0 radical (unpaired) electrons. The molecule has 1 saturated heterocycles. The molecule has 1 aromatic carbocycles. The van der Waals surface area contributed by atoms with E-state index in [4.69, 9.17) is 0 Å². The van der Waals surface area contributed by atoms with E-state index in [0.717, 1.165) is 5.70 Å². The van der Waals surface area contributed by atoms with Gasteiger partial charge in [-0.2, -0.15) is 0 Å². The van der Waals surface area contributed by atoms with E-state index in [2.05, 4.69) is 42.5 Å². The first-order valence-corrected chi connectivity index (χ1v) is 6.91. The molecule has 3 aliphatic rings. The SMILES string of the molecule is CN1C(=O)C2C=CC=C3C(c4ccccc4)=CC=C1C32. The van der Waals surface area contributed by atoms with Crippen molar-refractivity contribution in [2.24, 2.45) is 11.8 Å². The summed E-state index contributed by atoms with van der Waals surface area (Å²) in [5.41, 5.74) is 4.83. The van der Waals surface area contributed by atoms with Crippen molar-refractivity contribution in [3.8, 4) is 0 Å². The van der Waals surface area contributed by atoms with Gasteiger partial charge in [0.2, 0.25) is 5.91 Å². The number of carbonyl (C=O) groups is 1. The Morgan fingerprint density at radius 2 is 1.85 bits per heavy atom. The number of allylic oxidation sites excluding steroid dienone is 6. The van der Waals surface area contributed by atoms with Crippen LogP contribution in [-0.2, 0) is 4.79 Å². The van der Waals surface area contributed by atoms with Gasteiger partial charge in [-0.25, -0.2) is 0 Å². The third-order valence-electron chi connectivity index (χ3n) is 4.43. The molecule has 1 aliphatic heterocycles. The summed E-state index contributed by atoms with van der Waals surface area (Å²) in [6.07, 6.45) is 10.4. The van der Waals surface area contributed by atoms with Crippen molar-refractivity contribution in [2.75, 3.05) is 7.05 Å². The van der Waals surface area contributed by atoms with E-state index in [1.54, 1.807) is 4.90 Å². The van der Waals surface area contributed by atoms with Gasteiger partial charge in [-0.3, -0.25) is 4.79 Å². The molecule has 98 valence electrons. The number of hydrogen-bond acceptors (Lipinski definition) is 1. The molecule has 2 aliphatic carbocycles. The molecule has 2 nitrogen and oxygen atoms in total. The Balaban J connectivity index is 1.88. The van der Waals surface area contributed by atoms with Crippen LogP contribution in [0.5, 0.6) is 0 Å². The van der Waals surface area contributed by atoms with Crippen molar-refractivity contribution in [1.82, 2.24) is 4.90 Å². The summed E-state index contributed by atoms with van der Waals surface area (Å²) in [4.78, 5) is 14.1.